The van der Waals surface area contributed by atoms with Crippen LogP contribution in [0.5, 0.6) is 5.75 Å². The lowest BCUT2D eigenvalue weighted by atomic mass is 10.3. The number of rotatable bonds is 6. The molecule has 0 saturated carbocycles. The Kier molecular flexibility index (Phi) is 7.16. The van der Waals surface area contributed by atoms with Gasteiger partial charge in [0.2, 0.25) is 5.05 Å². The first-order chi connectivity index (χ1) is 8.77. The van der Waals surface area contributed by atoms with Crippen LogP contribution in [-0.2, 0) is 0 Å². The average molecular weight is 277 g/mol. The lowest BCUT2D eigenvalue weighted by Crippen LogP contribution is -2.07. The van der Waals surface area contributed by atoms with Crippen molar-refractivity contribution in [3.05, 3.63) is 41.3 Å². The Morgan fingerprint density at radius 2 is 2.17 bits per heavy atom. The number of unbranched alkanes of at least 4 members (excludes halogenated alkanes) is 1. The fraction of sp³-hybridized carbons (Fsp3) is 0.286. The summed E-state index contributed by atoms with van der Waals surface area (Å²) in [6, 6.07) is 11.3. The number of thioether (sulfide) groups is 1. The van der Waals surface area contributed by atoms with E-state index in [2.05, 4.69) is 13.0 Å². The van der Waals surface area contributed by atoms with Crippen LogP contribution in [0.15, 0.2) is 41.3 Å². The fourth-order valence-corrected chi connectivity index (χ4v) is 2.32. The summed E-state index contributed by atoms with van der Waals surface area (Å²) in [5, 5.41) is 11.0. The van der Waals surface area contributed by atoms with E-state index in [4.69, 9.17) is 22.2 Å². The molecule has 0 saturated heterocycles. The second kappa shape index (κ2) is 8.73. The summed E-state index contributed by atoms with van der Waals surface area (Å²) in [6.07, 6.45) is 2.28. The molecule has 0 aliphatic carbocycles. The third kappa shape index (κ3) is 5.35. The molecule has 0 bridgehead atoms. The average Bonchev–Trinajstić information content (AvgIpc) is 2.40. The van der Waals surface area contributed by atoms with Crippen LogP contribution in [0.2, 0.25) is 0 Å². The molecule has 0 N–H and O–H groups in total. The second-order valence-electron chi connectivity index (χ2n) is 3.57. The van der Waals surface area contributed by atoms with Crippen molar-refractivity contribution in [2.45, 2.75) is 19.8 Å². The van der Waals surface area contributed by atoms with E-state index in [0.29, 0.717) is 11.3 Å². The molecule has 1 rings (SSSR count). The van der Waals surface area contributed by atoms with Crippen LogP contribution in [0.4, 0.5) is 0 Å². The molecule has 0 unspecified atom stereocenters. The van der Waals surface area contributed by atoms with E-state index in [9.17, 15) is 0 Å². The zero-order valence-electron chi connectivity index (χ0n) is 10.3. The summed E-state index contributed by atoms with van der Waals surface area (Å²) >= 11 is 6.71. The monoisotopic (exact) mass is 277 g/mol. The van der Waals surface area contributed by atoms with Gasteiger partial charge in [-0.1, -0.05) is 31.5 Å². The Balaban J connectivity index is 2.55. The number of benzene rings is 1. The zero-order chi connectivity index (χ0) is 13.2. The van der Waals surface area contributed by atoms with Crippen molar-refractivity contribution in [1.82, 2.24) is 0 Å². The van der Waals surface area contributed by atoms with Gasteiger partial charge in [0.15, 0.2) is 0 Å². The summed E-state index contributed by atoms with van der Waals surface area (Å²) in [4.78, 5) is 0. The maximum atomic E-state index is 9.03. The number of nitrogens with zero attached hydrogens (tertiary/aromatic N) is 1. The molecule has 0 aromatic heterocycles. The number of thiocarbonyl (C=S) groups is 1. The number of nitriles is 1. The number of hydrogen-bond donors (Lipinski definition) is 0. The zero-order valence-corrected chi connectivity index (χ0v) is 11.9. The number of hydrogen-bond acceptors (Lipinski definition) is 4. The van der Waals surface area contributed by atoms with Crippen molar-refractivity contribution in [3.63, 3.8) is 0 Å². The summed E-state index contributed by atoms with van der Waals surface area (Å²) in [5.74, 6) is 1.65. The molecule has 0 fully saturated rings. The van der Waals surface area contributed by atoms with Crippen LogP contribution in [0.3, 0.4) is 0 Å². The van der Waals surface area contributed by atoms with Gasteiger partial charge in [-0.15, -0.1) is 11.8 Å². The Bertz CT molecular complexity index is 449. The van der Waals surface area contributed by atoms with Gasteiger partial charge in [0.25, 0.3) is 0 Å². The molecule has 1 aromatic carbocycles. The minimum absolute atomic E-state index is 0.229. The van der Waals surface area contributed by atoms with Crippen molar-refractivity contribution in [3.8, 4) is 11.8 Å². The van der Waals surface area contributed by atoms with Crippen LogP contribution < -0.4 is 4.74 Å². The highest BCUT2D eigenvalue weighted by Gasteiger charge is 2.06. The van der Waals surface area contributed by atoms with Crippen molar-refractivity contribution in [2.24, 2.45) is 0 Å². The maximum Gasteiger partial charge on any atom is 0.209 e. The molecule has 94 valence electrons. The molecule has 0 amide bonds. The molecule has 0 atom stereocenters. The second-order valence-corrected chi connectivity index (χ2v) is 4.92. The van der Waals surface area contributed by atoms with E-state index >= 15 is 0 Å². The van der Waals surface area contributed by atoms with Crippen LogP contribution in [0.25, 0.3) is 0 Å². The largest absolute Gasteiger partial charge is 0.444 e. The fourth-order valence-electron chi connectivity index (χ4n) is 1.14. The maximum absolute atomic E-state index is 9.03. The summed E-state index contributed by atoms with van der Waals surface area (Å²) in [6.45, 7) is 2.14. The molecule has 2 nitrogen and oxygen atoms in total. The SMILES string of the molecule is CCCCSC=C(C#N)C(=S)Oc1ccccc1. The molecule has 0 aliphatic rings. The van der Waals surface area contributed by atoms with Crippen LogP contribution in [0.1, 0.15) is 19.8 Å². The Hall–Kier alpha value is -1.31. The molecule has 0 heterocycles. The summed E-state index contributed by atoms with van der Waals surface area (Å²) in [5.41, 5.74) is 0.412. The van der Waals surface area contributed by atoms with Gasteiger partial charge < -0.3 is 4.74 Å². The first-order valence-electron chi connectivity index (χ1n) is 5.77. The molecule has 0 spiro atoms. The van der Waals surface area contributed by atoms with Crippen molar-refractivity contribution in [1.29, 1.82) is 5.26 Å². The molecule has 4 heteroatoms. The highest BCUT2D eigenvalue weighted by molar-refractivity contribution is 8.02. The highest BCUT2D eigenvalue weighted by atomic mass is 32.2. The van der Waals surface area contributed by atoms with E-state index in [-0.39, 0.29) is 5.05 Å². The van der Waals surface area contributed by atoms with E-state index in [1.165, 1.54) is 0 Å². The van der Waals surface area contributed by atoms with Crippen LogP contribution in [-0.4, -0.2) is 10.8 Å². The van der Waals surface area contributed by atoms with Gasteiger partial charge in [0, 0.05) is 0 Å². The van der Waals surface area contributed by atoms with Gasteiger partial charge in [0.05, 0.1) is 0 Å². The van der Waals surface area contributed by atoms with Gasteiger partial charge in [-0.05, 0) is 41.9 Å². The highest BCUT2D eigenvalue weighted by Crippen LogP contribution is 2.15. The van der Waals surface area contributed by atoms with Crippen molar-refractivity contribution in [2.75, 3.05) is 5.75 Å². The lowest BCUT2D eigenvalue weighted by Gasteiger charge is -2.05. The number of para-hydroxylation sites is 1. The minimum atomic E-state index is 0.229. The first-order valence-corrected chi connectivity index (χ1v) is 7.22. The quantitative estimate of drug-likeness (QED) is 0.335. The standard InChI is InChI=1S/C14H15NOS2/c1-2-3-9-18-11-12(10-15)14(17)16-13-7-5-4-6-8-13/h4-8,11H,2-3,9H2,1H3. The third-order valence-corrected chi connectivity index (χ3v) is 3.34. The van der Waals surface area contributed by atoms with Gasteiger partial charge in [-0.2, -0.15) is 5.26 Å². The predicted molar refractivity (Wildman–Crippen MR) is 80.7 cm³/mol. The molecular formula is C14H15NOS2. The smallest absolute Gasteiger partial charge is 0.209 e. The Morgan fingerprint density at radius 1 is 1.44 bits per heavy atom. The predicted octanol–water partition coefficient (Wildman–Crippen LogP) is 4.33. The van der Waals surface area contributed by atoms with Gasteiger partial charge in [-0.25, -0.2) is 0 Å². The lowest BCUT2D eigenvalue weighted by molar-refractivity contribution is 0.567. The first kappa shape index (κ1) is 14.7. The van der Waals surface area contributed by atoms with Crippen molar-refractivity contribution < 1.29 is 4.74 Å². The van der Waals surface area contributed by atoms with Gasteiger partial charge in [0.1, 0.15) is 17.4 Å². The van der Waals surface area contributed by atoms with E-state index in [0.717, 1.165) is 18.6 Å². The Morgan fingerprint density at radius 3 is 2.78 bits per heavy atom. The molecule has 1 aromatic rings. The van der Waals surface area contributed by atoms with E-state index < -0.39 is 0 Å². The number of ether oxygens (including phenoxy) is 1. The summed E-state index contributed by atoms with van der Waals surface area (Å²) in [7, 11) is 0. The molecule has 18 heavy (non-hydrogen) atoms. The molecule has 0 aliphatic heterocycles. The van der Waals surface area contributed by atoms with Gasteiger partial charge >= 0.3 is 0 Å². The molecular weight excluding hydrogens is 262 g/mol. The van der Waals surface area contributed by atoms with Gasteiger partial charge in [-0.3, -0.25) is 0 Å². The molecule has 0 radical (unpaired) electrons. The topological polar surface area (TPSA) is 33.0 Å². The van der Waals surface area contributed by atoms with Crippen molar-refractivity contribution >= 4 is 29.0 Å². The van der Waals surface area contributed by atoms with E-state index in [1.54, 1.807) is 17.2 Å². The third-order valence-electron chi connectivity index (χ3n) is 2.11. The normalized spacial score (nSPS) is 10.8. The van der Waals surface area contributed by atoms with Crippen LogP contribution >= 0.6 is 24.0 Å². The minimum Gasteiger partial charge on any atom is -0.444 e. The van der Waals surface area contributed by atoms with E-state index in [1.807, 2.05) is 30.3 Å². The Labute approximate surface area is 118 Å². The summed E-state index contributed by atoms with van der Waals surface area (Å²) < 4.78 is 5.45. The van der Waals surface area contributed by atoms with Crippen LogP contribution in [0, 0.1) is 11.3 Å².